The van der Waals surface area contributed by atoms with Crippen molar-refractivity contribution in [2.75, 3.05) is 24.2 Å². The largest absolute Gasteiger partial charge is 0.325 e. The highest BCUT2D eigenvalue weighted by atomic mass is 32.2. The normalized spacial score (nSPS) is 15.1. The van der Waals surface area contributed by atoms with E-state index in [4.69, 9.17) is 0 Å². The van der Waals surface area contributed by atoms with Gasteiger partial charge >= 0.3 is 0 Å². The van der Waals surface area contributed by atoms with Gasteiger partial charge in [-0.3, -0.25) is 4.79 Å². The molecule has 0 radical (unpaired) electrons. The summed E-state index contributed by atoms with van der Waals surface area (Å²) in [4.78, 5) is 17.0. The van der Waals surface area contributed by atoms with Crippen LogP contribution in [0, 0.1) is 11.6 Å². The van der Waals surface area contributed by atoms with E-state index >= 15 is 0 Å². The number of sulfonamides is 1. The first-order chi connectivity index (χ1) is 15.8. The first kappa shape index (κ1) is 23.7. The van der Waals surface area contributed by atoms with Crippen LogP contribution in [0.4, 0.5) is 14.5 Å². The number of carbonyl (C=O) groups is 1. The van der Waals surface area contributed by atoms with Crippen molar-refractivity contribution < 1.29 is 22.0 Å². The molecule has 1 amide bonds. The van der Waals surface area contributed by atoms with Gasteiger partial charge < -0.3 is 9.88 Å². The van der Waals surface area contributed by atoms with Crippen LogP contribution in [-0.4, -0.2) is 47.0 Å². The van der Waals surface area contributed by atoms with Crippen LogP contribution in [0.25, 0.3) is 11.0 Å². The quantitative estimate of drug-likeness (QED) is 0.497. The van der Waals surface area contributed by atoms with E-state index in [9.17, 15) is 22.0 Å². The second-order valence-electron chi connectivity index (χ2n) is 7.75. The van der Waals surface area contributed by atoms with Gasteiger partial charge in [0.2, 0.25) is 15.9 Å². The zero-order valence-electron chi connectivity index (χ0n) is 18.1. The molecule has 11 heteroatoms. The second-order valence-corrected chi connectivity index (χ2v) is 10.6. The number of aromatic nitrogens is 2. The Hall–Kier alpha value is -2.50. The van der Waals surface area contributed by atoms with E-state index in [1.165, 1.54) is 16.1 Å². The van der Waals surface area contributed by atoms with E-state index in [-0.39, 0.29) is 16.3 Å². The van der Waals surface area contributed by atoms with Crippen molar-refractivity contribution >= 4 is 44.4 Å². The van der Waals surface area contributed by atoms with Crippen LogP contribution < -0.4 is 5.32 Å². The van der Waals surface area contributed by atoms with E-state index in [2.05, 4.69) is 10.3 Å². The van der Waals surface area contributed by atoms with Gasteiger partial charge in [0, 0.05) is 31.4 Å². The van der Waals surface area contributed by atoms with Crippen molar-refractivity contribution in [2.45, 2.75) is 42.8 Å². The molecule has 1 fully saturated rings. The number of amides is 1. The molecule has 0 bridgehead atoms. The van der Waals surface area contributed by atoms with Gasteiger partial charge in [-0.1, -0.05) is 18.2 Å². The number of thioether (sulfide) groups is 1. The summed E-state index contributed by atoms with van der Waals surface area (Å²) in [5.41, 5.74) is 1.34. The molecule has 1 aliphatic rings. The molecule has 7 nitrogen and oxygen atoms in total. The summed E-state index contributed by atoms with van der Waals surface area (Å²) in [6.07, 6.45) is 2.75. The monoisotopic (exact) mass is 494 g/mol. The highest BCUT2D eigenvalue weighted by Gasteiger charge is 2.26. The molecule has 4 rings (SSSR count). The van der Waals surface area contributed by atoms with Gasteiger partial charge in [0.05, 0.1) is 21.7 Å². The van der Waals surface area contributed by atoms with E-state index in [0.717, 1.165) is 43.0 Å². The Bertz CT molecular complexity index is 1270. The number of carbonyl (C=O) groups excluding carboxylic acids is 1. The molecule has 1 saturated heterocycles. The summed E-state index contributed by atoms with van der Waals surface area (Å²) in [5.74, 6) is -2.02. The number of nitrogens with one attached hydrogen (secondary N) is 1. The first-order valence-corrected chi connectivity index (χ1v) is 13.1. The number of anilines is 1. The summed E-state index contributed by atoms with van der Waals surface area (Å²) in [7, 11) is -3.58. The Labute approximate surface area is 195 Å². The number of halogens is 2. The van der Waals surface area contributed by atoms with Gasteiger partial charge in [-0.05, 0) is 50.1 Å². The summed E-state index contributed by atoms with van der Waals surface area (Å²) >= 11 is 1.17. The predicted octanol–water partition coefficient (Wildman–Crippen LogP) is 4.24. The number of aryl methyl sites for hydroxylation is 1. The minimum atomic E-state index is -3.58. The molecule has 0 atom stereocenters. The van der Waals surface area contributed by atoms with Gasteiger partial charge in [0.1, 0.15) is 11.6 Å². The minimum Gasteiger partial charge on any atom is -0.325 e. The number of piperidine rings is 1. The predicted molar refractivity (Wildman–Crippen MR) is 124 cm³/mol. The zero-order chi connectivity index (χ0) is 23.6. The molecule has 1 aliphatic heterocycles. The number of hydrogen-bond donors (Lipinski definition) is 1. The molecule has 0 unspecified atom stereocenters. The van der Waals surface area contributed by atoms with Crippen molar-refractivity contribution in [3.63, 3.8) is 0 Å². The molecule has 2 heterocycles. The lowest BCUT2D eigenvalue weighted by Crippen LogP contribution is -2.35. The molecule has 2 aromatic carbocycles. The second kappa shape index (κ2) is 9.78. The minimum absolute atomic E-state index is 0.0274. The number of imidazole rings is 1. The number of fused-ring (bicyclic) bond motifs is 1. The fraction of sp³-hybridized carbons (Fsp3) is 0.364. The molecular weight excluding hydrogens is 470 g/mol. The molecule has 1 N–H and O–H groups in total. The molecule has 0 spiro atoms. The van der Waals surface area contributed by atoms with Gasteiger partial charge in [0.25, 0.3) is 0 Å². The molecule has 0 saturated carbocycles. The van der Waals surface area contributed by atoms with E-state index in [1.54, 1.807) is 18.2 Å². The molecule has 33 heavy (non-hydrogen) atoms. The zero-order valence-corrected chi connectivity index (χ0v) is 19.7. The fourth-order valence-electron chi connectivity index (χ4n) is 3.87. The summed E-state index contributed by atoms with van der Waals surface area (Å²) in [6.45, 7) is 3.55. The molecule has 0 aliphatic carbocycles. The Balaban J connectivity index is 1.52. The maximum Gasteiger partial charge on any atom is 0.243 e. The number of rotatable bonds is 7. The third-order valence-corrected chi connectivity index (χ3v) is 8.30. The van der Waals surface area contributed by atoms with Gasteiger partial charge in [0.15, 0.2) is 5.16 Å². The number of hydrogen-bond acceptors (Lipinski definition) is 5. The smallest absolute Gasteiger partial charge is 0.243 e. The molecule has 3 aromatic rings. The summed E-state index contributed by atoms with van der Waals surface area (Å²) in [6, 6.07) is 7.72. The lowest BCUT2D eigenvalue weighted by Gasteiger charge is -2.25. The van der Waals surface area contributed by atoms with Gasteiger partial charge in [-0.25, -0.2) is 22.2 Å². The van der Waals surface area contributed by atoms with Gasteiger partial charge in [-0.15, -0.1) is 0 Å². The van der Waals surface area contributed by atoms with E-state index in [0.29, 0.717) is 30.3 Å². The van der Waals surface area contributed by atoms with Crippen LogP contribution in [0.2, 0.25) is 0 Å². The maximum absolute atomic E-state index is 13.3. The lowest BCUT2D eigenvalue weighted by atomic mass is 10.2. The molecular formula is C22H24F2N4O3S2. The van der Waals surface area contributed by atoms with Crippen molar-refractivity contribution in [1.82, 2.24) is 13.9 Å². The van der Waals surface area contributed by atoms with E-state index < -0.39 is 27.6 Å². The number of nitrogens with zero attached hydrogens (tertiary/aromatic N) is 3. The van der Waals surface area contributed by atoms with Crippen LogP contribution in [0.1, 0.15) is 26.2 Å². The number of benzene rings is 2. The van der Waals surface area contributed by atoms with Crippen molar-refractivity contribution in [3.8, 4) is 0 Å². The highest BCUT2D eigenvalue weighted by Crippen LogP contribution is 2.28. The molecule has 1 aromatic heterocycles. The van der Waals surface area contributed by atoms with Gasteiger partial charge in [-0.2, -0.15) is 4.31 Å². The van der Waals surface area contributed by atoms with Crippen molar-refractivity contribution in [3.05, 3.63) is 48.0 Å². The SMILES string of the molecule is CCn1c(SCC(=O)Nc2cc(F)cc(F)c2)nc2cc(S(=O)(=O)N3CCCCC3)ccc21. The Morgan fingerprint density at radius 3 is 2.45 bits per heavy atom. The standard InChI is InChI=1S/C22H24F2N4O3S2/c1-2-28-20-7-6-18(33(30,31)27-8-4-3-5-9-27)13-19(20)26-22(28)32-14-21(29)25-17-11-15(23)10-16(24)12-17/h6-7,10-13H,2-5,8-9,14H2,1H3,(H,25,29). The van der Waals surface area contributed by atoms with Crippen LogP contribution in [-0.2, 0) is 21.4 Å². The van der Waals surface area contributed by atoms with Crippen LogP contribution in [0.15, 0.2) is 46.5 Å². The first-order valence-electron chi connectivity index (χ1n) is 10.7. The Morgan fingerprint density at radius 2 is 1.79 bits per heavy atom. The lowest BCUT2D eigenvalue weighted by molar-refractivity contribution is -0.113. The highest BCUT2D eigenvalue weighted by molar-refractivity contribution is 7.99. The topological polar surface area (TPSA) is 84.3 Å². The molecule has 176 valence electrons. The Kier molecular flexibility index (Phi) is 7.01. The average molecular weight is 495 g/mol. The van der Waals surface area contributed by atoms with Crippen LogP contribution >= 0.6 is 11.8 Å². The third kappa shape index (κ3) is 5.20. The third-order valence-electron chi connectivity index (χ3n) is 5.43. The van der Waals surface area contributed by atoms with E-state index in [1.807, 2.05) is 11.5 Å². The average Bonchev–Trinajstić information content (AvgIpc) is 3.14. The Morgan fingerprint density at radius 1 is 1.09 bits per heavy atom. The fourth-order valence-corrected chi connectivity index (χ4v) is 6.29. The summed E-state index contributed by atoms with van der Waals surface area (Å²) < 4.78 is 56.1. The van der Waals surface area contributed by atoms with Crippen LogP contribution in [0.3, 0.4) is 0 Å². The van der Waals surface area contributed by atoms with Crippen LogP contribution in [0.5, 0.6) is 0 Å². The summed E-state index contributed by atoms with van der Waals surface area (Å²) in [5, 5.41) is 3.02. The van der Waals surface area contributed by atoms with Crippen molar-refractivity contribution in [1.29, 1.82) is 0 Å². The van der Waals surface area contributed by atoms with Crippen molar-refractivity contribution in [2.24, 2.45) is 0 Å². The maximum atomic E-state index is 13.3.